The number of aryl methyl sites for hydroxylation is 1. The number of nitrogens with zero attached hydrogens (tertiary/aromatic N) is 2. The lowest BCUT2D eigenvalue weighted by Crippen LogP contribution is -2.30. The highest BCUT2D eigenvalue weighted by atomic mass is 16.2. The Morgan fingerprint density at radius 1 is 1.28 bits per heavy atom. The van der Waals surface area contributed by atoms with E-state index in [0.29, 0.717) is 12.0 Å². The SMILES string of the molecule is Cc1cnn(CC2(CCCO)CCCCC2)c1C. The molecule has 0 unspecified atom stereocenters. The molecule has 0 spiro atoms. The molecule has 1 fully saturated rings. The number of aromatic nitrogens is 2. The zero-order valence-corrected chi connectivity index (χ0v) is 11.8. The Bertz CT molecular complexity index is 378. The Hall–Kier alpha value is -0.830. The number of aliphatic hydroxyl groups is 1. The van der Waals surface area contributed by atoms with Gasteiger partial charge in [-0.3, -0.25) is 4.68 Å². The highest BCUT2D eigenvalue weighted by Gasteiger charge is 2.32. The van der Waals surface area contributed by atoms with Gasteiger partial charge in [-0.05, 0) is 50.5 Å². The standard InChI is InChI=1S/C15H26N2O/c1-13-11-16-17(14(13)2)12-15(9-6-10-18)7-4-3-5-8-15/h11,18H,3-10,12H2,1-2H3. The van der Waals surface area contributed by atoms with E-state index in [4.69, 9.17) is 5.11 Å². The van der Waals surface area contributed by atoms with Crippen molar-refractivity contribution in [1.82, 2.24) is 9.78 Å². The van der Waals surface area contributed by atoms with E-state index in [2.05, 4.69) is 23.6 Å². The van der Waals surface area contributed by atoms with Crippen LogP contribution in [0.1, 0.15) is 56.2 Å². The van der Waals surface area contributed by atoms with Gasteiger partial charge in [-0.1, -0.05) is 19.3 Å². The number of rotatable bonds is 5. The predicted octanol–water partition coefficient (Wildman–Crippen LogP) is 3.22. The fourth-order valence-corrected chi connectivity index (χ4v) is 3.26. The maximum atomic E-state index is 9.11. The molecule has 2 rings (SSSR count). The van der Waals surface area contributed by atoms with Gasteiger partial charge in [0.1, 0.15) is 0 Å². The summed E-state index contributed by atoms with van der Waals surface area (Å²) in [5, 5.41) is 13.6. The summed E-state index contributed by atoms with van der Waals surface area (Å²) in [6.07, 6.45) is 10.7. The smallest absolute Gasteiger partial charge is 0.0521 e. The Balaban J connectivity index is 2.11. The molecule has 0 amide bonds. The van der Waals surface area contributed by atoms with Gasteiger partial charge in [0.05, 0.1) is 6.20 Å². The number of hydrogen-bond donors (Lipinski definition) is 1. The summed E-state index contributed by atoms with van der Waals surface area (Å²) >= 11 is 0. The zero-order valence-electron chi connectivity index (χ0n) is 11.8. The van der Waals surface area contributed by atoms with Crippen LogP contribution in [-0.2, 0) is 6.54 Å². The summed E-state index contributed by atoms with van der Waals surface area (Å²) < 4.78 is 2.18. The third-order valence-electron chi connectivity index (χ3n) is 4.61. The molecule has 1 aromatic heterocycles. The van der Waals surface area contributed by atoms with E-state index in [-0.39, 0.29) is 0 Å². The van der Waals surface area contributed by atoms with Crippen LogP contribution in [0.25, 0.3) is 0 Å². The molecule has 0 radical (unpaired) electrons. The predicted molar refractivity (Wildman–Crippen MR) is 73.5 cm³/mol. The largest absolute Gasteiger partial charge is 0.396 e. The summed E-state index contributed by atoms with van der Waals surface area (Å²) in [5.41, 5.74) is 2.96. The van der Waals surface area contributed by atoms with Crippen molar-refractivity contribution in [3.8, 4) is 0 Å². The molecule has 1 saturated carbocycles. The fraction of sp³-hybridized carbons (Fsp3) is 0.800. The summed E-state index contributed by atoms with van der Waals surface area (Å²) in [5.74, 6) is 0. The number of aliphatic hydroxyl groups excluding tert-OH is 1. The van der Waals surface area contributed by atoms with Crippen LogP contribution in [0.3, 0.4) is 0 Å². The van der Waals surface area contributed by atoms with Gasteiger partial charge in [-0.15, -0.1) is 0 Å². The van der Waals surface area contributed by atoms with Crippen LogP contribution in [0.15, 0.2) is 6.20 Å². The molecule has 0 atom stereocenters. The molecular weight excluding hydrogens is 224 g/mol. The van der Waals surface area contributed by atoms with Crippen LogP contribution in [-0.4, -0.2) is 21.5 Å². The van der Waals surface area contributed by atoms with E-state index in [1.807, 2.05) is 6.20 Å². The lowest BCUT2D eigenvalue weighted by molar-refractivity contribution is 0.121. The second-order valence-corrected chi connectivity index (χ2v) is 5.96. The minimum absolute atomic E-state index is 0.318. The second kappa shape index (κ2) is 5.87. The molecule has 0 aliphatic heterocycles. The molecule has 0 saturated heterocycles. The Labute approximate surface area is 110 Å². The van der Waals surface area contributed by atoms with Crippen LogP contribution in [0, 0.1) is 19.3 Å². The summed E-state index contributed by atoms with van der Waals surface area (Å²) in [6.45, 7) is 5.64. The molecule has 1 aliphatic carbocycles. The Morgan fingerprint density at radius 3 is 2.56 bits per heavy atom. The Morgan fingerprint density at radius 2 is 2.00 bits per heavy atom. The van der Waals surface area contributed by atoms with E-state index in [9.17, 15) is 0 Å². The normalized spacial score (nSPS) is 19.1. The van der Waals surface area contributed by atoms with Crippen molar-refractivity contribution in [3.05, 3.63) is 17.5 Å². The van der Waals surface area contributed by atoms with Gasteiger partial charge in [0.25, 0.3) is 0 Å². The van der Waals surface area contributed by atoms with Crippen LogP contribution in [0.5, 0.6) is 0 Å². The first-order chi connectivity index (χ1) is 8.67. The first-order valence-electron chi connectivity index (χ1n) is 7.27. The van der Waals surface area contributed by atoms with Gasteiger partial charge in [-0.2, -0.15) is 5.10 Å². The van der Waals surface area contributed by atoms with Gasteiger partial charge in [0, 0.05) is 18.8 Å². The van der Waals surface area contributed by atoms with E-state index in [1.165, 1.54) is 43.4 Å². The van der Waals surface area contributed by atoms with Crippen molar-refractivity contribution in [3.63, 3.8) is 0 Å². The van der Waals surface area contributed by atoms with Crippen LogP contribution in [0.2, 0.25) is 0 Å². The van der Waals surface area contributed by atoms with Crippen LogP contribution in [0.4, 0.5) is 0 Å². The third kappa shape index (κ3) is 2.94. The molecule has 102 valence electrons. The van der Waals surface area contributed by atoms with Crippen LogP contribution < -0.4 is 0 Å². The lowest BCUT2D eigenvalue weighted by atomic mass is 9.71. The molecule has 3 nitrogen and oxygen atoms in total. The Kier molecular flexibility index (Phi) is 4.44. The van der Waals surface area contributed by atoms with Gasteiger partial charge in [0.2, 0.25) is 0 Å². The minimum Gasteiger partial charge on any atom is -0.396 e. The molecule has 1 N–H and O–H groups in total. The van der Waals surface area contributed by atoms with Crippen molar-refractivity contribution in [2.75, 3.05) is 6.61 Å². The van der Waals surface area contributed by atoms with Crippen LogP contribution >= 0.6 is 0 Å². The summed E-state index contributed by atoms with van der Waals surface area (Å²) in [7, 11) is 0. The molecular formula is C15H26N2O. The maximum Gasteiger partial charge on any atom is 0.0521 e. The molecule has 18 heavy (non-hydrogen) atoms. The quantitative estimate of drug-likeness (QED) is 0.871. The molecule has 0 aromatic carbocycles. The van der Waals surface area contributed by atoms with E-state index >= 15 is 0 Å². The zero-order chi connectivity index (χ0) is 13.0. The first kappa shape index (κ1) is 13.6. The van der Waals surface area contributed by atoms with Crippen molar-refractivity contribution in [2.24, 2.45) is 5.41 Å². The molecule has 0 bridgehead atoms. The van der Waals surface area contributed by atoms with Crippen molar-refractivity contribution in [1.29, 1.82) is 0 Å². The average Bonchev–Trinajstić information content (AvgIpc) is 2.70. The third-order valence-corrected chi connectivity index (χ3v) is 4.61. The van der Waals surface area contributed by atoms with Crippen molar-refractivity contribution >= 4 is 0 Å². The van der Waals surface area contributed by atoms with Crippen molar-refractivity contribution in [2.45, 2.75) is 65.3 Å². The highest BCUT2D eigenvalue weighted by molar-refractivity contribution is 5.13. The monoisotopic (exact) mass is 250 g/mol. The fourth-order valence-electron chi connectivity index (χ4n) is 3.26. The summed E-state index contributed by atoms with van der Waals surface area (Å²) in [4.78, 5) is 0. The van der Waals surface area contributed by atoms with Gasteiger partial charge >= 0.3 is 0 Å². The number of hydrogen-bond acceptors (Lipinski definition) is 2. The van der Waals surface area contributed by atoms with Crippen molar-refractivity contribution < 1.29 is 5.11 Å². The molecule has 1 aliphatic rings. The summed E-state index contributed by atoms with van der Waals surface area (Å²) in [6, 6.07) is 0. The average molecular weight is 250 g/mol. The minimum atomic E-state index is 0.318. The van der Waals surface area contributed by atoms with E-state index < -0.39 is 0 Å². The lowest BCUT2D eigenvalue weighted by Gasteiger charge is -2.37. The topological polar surface area (TPSA) is 38.0 Å². The maximum absolute atomic E-state index is 9.11. The first-order valence-corrected chi connectivity index (χ1v) is 7.27. The highest BCUT2D eigenvalue weighted by Crippen LogP contribution is 2.41. The second-order valence-electron chi connectivity index (χ2n) is 5.96. The van der Waals surface area contributed by atoms with E-state index in [1.54, 1.807) is 0 Å². The van der Waals surface area contributed by atoms with Gasteiger partial charge in [0.15, 0.2) is 0 Å². The van der Waals surface area contributed by atoms with E-state index in [0.717, 1.165) is 19.4 Å². The molecule has 3 heteroatoms. The molecule has 1 aromatic rings. The van der Waals surface area contributed by atoms with Gasteiger partial charge in [-0.25, -0.2) is 0 Å². The molecule has 1 heterocycles. The van der Waals surface area contributed by atoms with Gasteiger partial charge < -0.3 is 5.11 Å².